The number of benzene rings is 2. The van der Waals surface area contributed by atoms with Crippen molar-refractivity contribution in [1.29, 1.82) is 0 Å². The maximum atomic E-state index is 12.9. The number of amides is 1. The molecule has 0 heterocycles. The predicted molar refractivity (Wildman–Crippen MR) is 83.9 cm³/mol. The summed E-state index contributed by atoms with van der Waals surface area (Å²) in [5, 5.41) is 14.8. The van der Waals surface area contributed by atoms with Crippen LogP contribution in [0.15, 0.2) is 47.6 Å². The Hall–Kier alpha value is -3.09. The maximum absolute atomic E-state index is 12.9. The highest BCUT2D eigenvalue weighted by Crippen LogP contribution is 2.20. The summed E-state index contributed by atoms with van der Waals surface area (Å²) >= 11 is 0. The summed E-state index contributed by atoms with van der Waals surface area (Å²) in [6, 6.07) is 9.93. The molecule has 7 heteroatoms. The van der Waals surface area contributed by atoms with Crippen LogP contribution in [-0.2, 0) is 0 Å². The normalized spacial score (nSPS) is 11.2. The van der Waals surface area contributed by atoms with Crippen LogP contribution >= 0.6 is 0 Å². The summed E-state index contributed by atoms with van der Waals surface area (Å²) in [4.78, 5) is 22.5. The van der Waals surface area contributed by atoms with E-state index in [1.165, 1.54) is 37.3 Å². The van der Waals surface area contributed by atoms with Crippen molar-refractivity contribution in [2.24, 2.45) is 5.10 Å². The van der Waals surface area contributed by atoms with Gasteiger partial charge in [0.2, 0.25) is 0 Å². The molecule has 1 amide bonds. The van der Waals surface area contributed by atoms with Gasteiger partial charge in [0.25, 0.3) is 11.6 Å². The van der Waals surface area contributed by atoms with Crippen molar-refractivity contribution >= 4 is 17.3 Å². The molecule has 0 saturated heterocycles. The number of carbonyl (C=O) groups is 1. The second-order valence-electron chi connectivity index (χ2n) is 4.85. The van der Waals surface area contributed by atoms with Crippen LogP contribution in [0.25, 0.3) is 0 Å². The van der Waals surface area contributed by atoms with Gasteiger partial charge in [0, 0.05) is 11.6 Å². The number of nitro benzene ring substituents is 1. The number of nitrogens with zero attached hydrogens (tertiary/aromatic N) is 2. The molecule has 0 spiro atoms. The van der Waals surface area contributed by atoms with Crippen molar-refractivity contribution in [3.8, 4) is 0 Å². The summed E-state index contributed by atoms with van der Waals surface area (Å²) in [7, 11) is 0. The summed E-state index contributed by atoms with van der Waals surface area (Å²) in [5.74, 6) is -0.912. The van der Waals surface area contributed by atoms with E-state index in [0.29, 0.717) is 11.3 Å². The fourth-order valence-electron chi connectivity index (χ4n) is 2.02. The molecule has 0 aliphatic carbocycles. The Balaban J connectivity index is 2.19. The second kappa shape index (κ2) is 6.78. The van der Waals surface area contributed by atoms with Crippen molar-refractivity contribution in [3.63, 3.8) is 0 Å². The fraction of sp³-hybridized carbons (Fsp3) is 0.125. The molecular formula is C16H14FN3O3. The number of halogens is 1. The van der Waals surface area contributed by atoms with E-state index >= 15 is 0 Å². The van der Waals surface area contributed by atoms with Gasteiger partial charge in [-0.25, -0.2) is 9.82 Å². The van der Waals surface area contributed by atoms with Gasteiger partial charge in [0.15, 0.2) is 0 Å². The van der Waals surface area contributed by atoms with Crippen LogP contribution in [0.1, 0.15) is 28.4 Å². The average molecular weight is 315 g/mol. The molecular weight excluding hydrogens is 301 g/mol. The lowest BCUT2D eigenvalue weighted by molar-refractivity contribution is -0.385. The quantitative estimate of drug-likeness (QED) is 0.534. The highest BCUT2D eigenvalue weighted by atomic mass is 19.1. The average Bonchev–Trinajstić information content (AvgIpc) is 2.53. The molecule has 118 valence electrons. The van der Waals surface area contributed by atoms with E-state index in [9.17, 15) is 19.3 Å². The van der Waals surface area contributed by atoms with Gasteiger partial charge in [0.05, 0.1) is 16.2 Å². The monoisotopic (exact) mass is 315 g/mol. The van der Waals surface area contributed by atoms with Crippen molar-refractivity contribution in [2.45, 2.75) is 13.8 Å². The first-order valence-electron chi connectivity index (χ1n) is 6.74. The molecule has 0 fully saturated rings. The van der Waals surface area contributed by atoms with Crippen molar-refractivity contribution in [1.82, 2.24) is 5.43 Å². The predicted octanol–water partition coefficient (Wildman–Crippen LogP) is 3.20. The maximum Gasteiger partial charge on any atom is 0.273 e. The molecule has 0 aliphatic rings. The minimum Gasteiger partial charge on any atom is -0.267 e. The number of nitrogens with one attached hydrogen (secondary N) is 1. The Morgan fingerprint density at radius 1 is 1.22 bits per heavy atom. The molecule has 23 heavy (non-hydrogen) atoms. The van der Waals surface area contributed by atoms with Crippen LogP contribution in [0.5, 0.6) is 0 Å². The topological polar surface area (TPSA) is 84.6 Å². The standard InChI is InChI=1S/C16H14FN3O3/c1-10-14(4-3-5-15(10)20(22)23)16(21)19-18-11(2)12-6-8-13(17)9-7-12/h3-9H,1-2H3,(H,19,21)/b18-11-. The molecule has 0 unspecified atom stereocenters. The first-order chi connectivity index (χ1) is 10.9. The number of rotatable bonds is 4. The van der Waals surface area contributed by atoms with Gasteiger partial charge in [-0.15, -0.1) is 0 Å². The lowest BCUT2D eigenvalue weighted by atomic mass is 10.1. The molecule has 1 N–H and O–H groups in total. The van der Waals surface area contributed by atoms with Gasteiger partial charge in [-0.05, 0) is 37.6 Å². The van der Waals surface area contributed by atoms with E-state index in [-0.39, 0.29) is 22.6 Å². The van der Waals surface area contributed by atoms with Crippen LogP contribution in [0, 0.1) is 22.9 Å². The Labute approximate surface area is 131 Å². The van der Waals surface area contributed by atoms with Gasteiger partial charge in [-0.2, -0.15) is 5.10 Å². The number of nitro groups is 1. The minimum absolute atomic E-state index is 0.128. The van der Waals surface area contributed by atoms with E-state index in [0.717, 1.165) is 0 Å². The van der Waals surface area contributed by atoms with E-state index in [4.69, 9.17) is 0 Å². The van der Waals surface area contributed by atoms with E-state index in [1.54, 1.807) is 19.1 Å². The van der Waals surface area contributed by atoms with Crippen LogP contribution in [0.2, 0.25) is 0 Å². The van der Waals surface area contributed by atoms with Crippen molar-refractivity contribution in [3.05, 3.63) is 75.1 Å². The van der Waals surface area contributed by atoms with Crippen LogP contribution in [0.3, 0.4) is 0 Å². The zero-order chi connectivity index (χ0) is 17.0. The Kier molecular flexibility index (Phi) is 4.80. The first kappa shape index (κ1) is 16.3. The molecule has 0 bridgehead atoms. The van der Waals surface area contributed by atoms with Gasteiger partial charge >= 0.3 is 0 Å². The largest absolute Gasteiger partial charge is 0.273 e. The zero-order valence-corrected chi connectivity index (χ0v) is 12.5. The molecule has 0 aromatic heterocycles. The molecule has 0 radical (unpaired) electrons. The Bertz CT molecular complexity index is 786. The fourth-order valence-corrected chi connectivity index (χ4v) is 2.02. The highest BCUT2D eigenvalue weighted by molar-refractivity contribution is 6.01. The molecule has 6 nitrogen and oxygen atoms in total. The molecule has 0 aliphatic heterocycles. The van der Waals surface area contributed by atoms with Crippen LogP contribution in [-0.4, -0.2) is 16.5 Å². The minimum atomic E-state index is -0.548. The molecule has 0 atom stereocenters. The summed E-state index contributed by atoms with van der Waals surface area (Å²) in [6.45, 7) is 3.16. The highest BCUT2D eigenvalue weighted by Gasteiger charge is 2.17. The van der Waals surface area contributed by atoms with Crippen LogP contribution < -0.4 is 5.43 Å². The Morgan fingerprint density at radius 2 is 1.87 bits per heavy atom. The van der Waals surface area contributed by atoms with Gasteiger partial charge in [-0.1, -0.05) is 18.2 Å². The van der Waals surface area contributed by atoms with E-state index in [1.807, 2.05) is 0 Å². The first-order valence-corrected chi connectivity index (χ1v) is 6.74. The van der Waals surface area contributed by atoms with Gasteiger partial charge < -0.3 is 0 Å². The molecule has 2 rings (SSSR count). The lowest BCUT2D eigenvalue weighted by Gasteiger charge is -2.06. The number of hydrogen-bond acceptors (Lipinski definition) is 4. The summed E-state index contributed by atoms with van der Waals surface area (Å²) in [5.41, 5.74) is 3.81. The third-order valence-electron chi connectivity index (χ3n) is 3.33. The molecule has 2 aromatic carbocycles. The molecule has 0 saturated carbocycles. The number of hydrazone groups is 1. The van der Waals surface area contributed by atoms with Gasteiger partial charge in [-0.3, -0.25) is 14.9 Å². The third-order valence-corrected chi connectivity index (χ3v) is 3.33. The second-order valence-corrected chi connectivity index (χ2v) is 4.85. The van der Waals surface area contributed by atoms with Gasteiger partial charge in [0.1, 0.15) is 5.82 Å². The van der Waals surface area contributed by atoms with E-state index < -0.39 is 10.8 Å². The smallest absolute Gasteiger partial charge is 0.267 e. The van der Waals surface area contributed by atoms with E-state index in [2.05, 4.69) is 10.5 Å². The number of hydrogen-bond donors (Lipinski definition) is 1. The third kappa shape index (κ3) is 3.76. The Morgan fingerprint density at radius 3 is 2.48 bits per heavy atom. The SMILES string of the molecule is C/C(=N/NC(=O)c1cccc([N+](=O)[O-])c1C)c1ccc(F)cc1. The summed E-state index contributed by atoms with van der Waals surface area (Å²) < 4.78 is 12.9. The van der Waals surface area contributed by atoms with Crippen molar-refractivity contribution in [2.75, 3.05) is 0 Å². The zero-order valence-electron chi connectivity index (χ0n) is 12.5. The number of carbonyl (C=O) groups excluding carboxylic acids is 1. The lowest BCUT2D eigenvalue weighted by Crippen LogP contribution is -2.20. The van der Waals surface area contributed by atoms with Crippen LogP contribution in [0.4, 0.5) is 10.1 Å². The van der Waals surface area contributed by atoms with Crippen molar-refractivity contribution < 1.29 is 14.1 Å². The summed E-state index contributed by atoms with van der Waals surface area (Å²) in [6.07, 6.45) is 0. The molecule has 2 aromatic rings.